The average molecular weight is 265 g/mol. The van der Waals surface area contributed by atoms with Gasteiger partial charge in [-0.3, -0.25) is 4.79 Å². The van der Waals surface area contributed by atoms with Crippen LogP contribution in [-0.4, -0.2) is 26.0 Å². The molecule has 0 amide bonds. The van der Waals surface area contributed by atoms with Gasteiger partial charge in [0.25, 0.3) is 0 Å². The normalized spacial score (nSPS) is 18.1. The van der Waals surface area contributed by atoms with Gasteiger partial charge in [0.15, 0.2) is 5.78 Å². The van der Waals surface area contributed by atoms with Gasteiger partial charge in [-0.15, -0.1) is 0 Å². The van der Waals surface area contributed by atoms with Gasteiger partial charge in [-0.1, -0.05) is 6.92 Å². The van der Waals surface area contributed by atoms with Crippen molar-refractivity contribution in [3.8, 4) is 5.75 Å². The lowest BCUT2D eigenvalue weighted by atomic mass is 9.71. The maximum Gasteiger partial charge on any atom is 0.172 e. The third kappa shape index (κ3) is 2.63. The quantitative estimate of drug-likeness (QED) is 0.851. The second kappa shape index (κ2) is 5.70. The number of methoxy groups -OCH3 is 1. The fraction of sp³-hybridized carbons (Fsp3) is 0.533. The van der Waals surface area contributed by atoms with E-state index in [9.17, 15) is 9.18 Å². The van der Waals surface area contributed by atoms with Crippen LogP contribution in [0.25, 0.3) is 0 Å². The van der Waals surface area contributed by atoms with E-state index in [-0.39, 0.29) is 11.2 Å². The molecule has 1 N–H and O–H groups in total. The number of carbonyl (C=O) groups excluding carboxylic acids is 1. The summed E-state index contributed by atoms with van der Waals surface area (Å²) in [5, 5.41) is 3.26. The van der Waals surface area contributed by atoms with Crippen molar-refractivity contribution < 1.29 is 13.9 Å². The summed E-state index contributed by atoms with van der Waals surface area (Å²) < 4.78 is 18.6. The lowest BCUT2D eigenvalue weighted by molar-refractivity contribution is 0.0714. The van der Waals surface area contributed by atoms with Gasteiger partial charge < -0.3 is 10.1 Å². The van der Waals surface area contributed by atoms with Gasteiger partial charge in [0.05, 0.1) is 12.7 Å². The number of rotatable bonds is 4. The van der Waals surface area contributed by atoms with Crippen LogP contribution in [0.5, 0.6) is 5.75 Å². The second-order valence-electron chi connectivity index (χ2n) is 5.06. The first-order valence-electron chi connectivity index (χ1n) is 6.72. The molecule has 19 heavy (non-hydrogen) atoms. The number of nitrogens with one attached hydrogen (secondary N) is 1. The topological polar surface area (TPSA) is 38.3 Å². The average Bonchev–Trinajstić information content (AvgIpc) is 2.47. The standard InChI is InChI=1S/C15H20FNO2/c1-3-15(6-8-17-9-7-15)14(18)12-10-11(16)4-5-13(12)19-2/h4-5,10,17H,3,6-9H2,1-2H3. The summed E-state index contributed by atoms with van der Waals surface area (Å²) in [4.78, 5) is 12.8. The van der Waals surface area contributed by atoms with Crippen LogP contribution in [0.15, 0.2) is 18.2 Å². The number of halogens is 1. The summed E-state index contributed by atoms with van der Waals surface area (Å²) in [6, 6.07) is 4.13. The predicted molar refractivity (Wildman–Crippen MR) is 72.1 cm³/mol. The molecule has 1 heterocycles. The van der Waals surface area contributed by atoms with E-state index in [0.717, 1.165) is 32.4 Å². The molecule has 1 aliphatic rings. The van der Waals surface area contributed by atoms with Gasteiger partial charge in [-0.05, 0) is 50.6 Å². The van der Waals surface area contributed by atoms with E-state index in [4.69, 9.17) is 4.74 Å². The van der Waals surface area contributed by atoms with Crippen LogP contribution in [0, 0.1) is 11.2 Å². The maximum absolute atomic E-state index is 13.4. The molecule has 0 spiro atoms. The zero-order valence-electron chi connectivity index (χ0n) is 11.5. The highest BCUT2D eigenvalue weighted by Gasteiger charge is 2.39. The van der Waals surface area contributed by atoms with E-state index in [0.29, 0.717) is 11.3 Å². The smallest absolute Gasteiger partial charge is 0.172 e. The van der Waals surface area contributed by atoms with Gasteiger partial charge in [-0.25, -0.2) is 4.39 Å². The van der Waals surface area contributed by atoms with Gasteiger partial charge in [0, 0.05) is 5.41 Å². The Labute approximate surface area is 113 Å². The minimum atomic E-state index is -0.399. The molecule has 1 aromatic carbocycles. The van der Waals surface area contributed by atoms with Crippen molar-refractivity contribution in [3.63, 3.8) is 0 Å². The highest BCUT2D eigenvalue weighted by Crippen LogP contribution is 2.38. The number of benzene rings is 1. The Balaban J connectivity index is 2.39. The van der Waals surface area contributed by atoms with Crippen molar-refractivity contribution in [2.45, 2.75) is 26.2 Å². The second-order valence-corrected chi connectivity index (χ2v) is 5.06. The first-order valence-corrected chi connectivity index (χ1v) is 6.72. The molecule has 1 aliphatic heterocycles. The summed E-state index contributed by atoms with van der Waals surface area (Å²) in [5.41, 5.74) is -0.0157. The third-order valence-electron chi connectivity index (χ3n) is 4.13. The summed E-state index contributed by atoms with van der Waals surface area (Å²) in [6.07, 6.45) is 2.36. The SMILES string of the molecule is CCC1(C(=O)c2cc(F)ccc2OC)CCNCC1. The molecule has 4 heteroatoms. The van der Waals surface area contributed by atoms with Gasteiger partial charge in [0.2, 0.25) is 0 Å². The van der Waals surface area contributed by atoms with Crippen LogP contribution in [0.3, 0.4) is 0 Å². The van der Waals surface area contributed by atoms with E-state index in [1.54, 1.807) is 0 Å². The molecule has 1 fully saturated rings. The number of Topliss-reactive ketones (excluding diaryl/α,β-unsaturated/α-hetero) is 1. The van der Waals surface area contributed by atoms with Crippen molar-refractivity contribution in [1.29, 1.82) is 0 Å². The van der Waals surface area contributed by atoms with Gasteiger partial charge in [0.1, 0.15) is 11.6 Å². The van der Waals surface area contributed by atoms with Crippen molar-refractivity contribution in [3.05, 3.63) is 29.6 Å². The van der Waals surface area contributed by atoms with Crippen LogP contribution < -0.4 is 10.1 Å². The zero-order valence-corrected chi connectivity index (χ0v) is 11.5. The summed E-state index contributed by atoms with van der Waals surface area (Å²) >= 11 is 0. The molecule has 0 atom stereocenters. The number of piperidine rings is 1. The molecule has 3 nitrogen and oxygen atoms in total. The fourth-order valence-corrected chi connectivity index (χ4v) is 2.79. The van der Waals surface area contributed by atoms with Crippen molar-refractivity contribution in [2.24, 2.45) is 5.41 Å². The molecule has 0 saturated carbocycles. The molecule has 104 valence electrons. The molecule has 1 aromatic rings. The number of carbonyl (C=O) groups is 1. The minimum Gasteiger partial charge on any atom is -0.496 e. The monoisotopic (exact) mass is 265 g/mol. The number of hydrogen-bond donors (Lipinski definition) is 1. The van der Waals surface area contributed by atoms with E-state index in [1.807, 2.05) is 6.92 Å². The van der Waals surface area contributed by atoms with E-state index >= 15 is 0 Å². The summed E-state index contributed by atoms with van der Waals surface area (Å²) in [6.45, 7) is 3.68. The lowest BCUT2D eigenvalue weighted by Gasteiger charge is -2.35. The molecule has 0 aliphatic carbocycles. The summed E-state index contributed by atoms with van der Waals surface area (Å²) in [7, 11) is 1.51. The maximum atomic E-state index is 13.4. The molecule has 0 bridgehead atoms. The van der Waals surface area contributed by atoms with Crippen molar-refractivity contribution in [2.75, 3.05) is 20.2 Å². The van der Waals surface area contributed by atoms with E-state index in [1.165, 1.54) is 25.3 Å². The first kappa shape index (κ1) is 14.0. The van der Waals surface area contributed by atoms with Crippen LogP contribution in [-0.2, 0) is 0 Å². The molecule has 1 saturated heterocycles. The van der Waals surface area contributed by atoms with Crippen LogP contribution in [0.4, 0.5) is 4.39 Å². The number of ether oxygens (including phenoxy) is 1. The summed E-state index contributed by atoms with van der Waals surface area (Å²) in [5.74, 6) is 0.0648. The van der Waals surface area contributed by atoms with Crippen LogP contribution in [0.1, 0.15) is 36.5 Å². The van der Waals surface area contributed by atoms with Gasteiger partial charge in [-0.2, -0.15) is 0 Å². The van der Waals surface area contributed by atoms with Crippen LogP contribution in [0.2, 0.25) is 0 Å². The zero-order chi connectivity index (χ0) is 13.9. The molecule has 0 radical (unpaired) electrons. The largest absolute Gasteiger partial charge is 0.496 e. The Hall–Kier alpha value is -1.42. The fourth-order valence-electron chi connectivity index (χ4n) is 2.79. The molecule has 2 rings (SSSR count). The Morgan fingerprint density at radius 2 is 2.11 bits per heavy atom. The van der Waals surface area contributed by atoms with Crippen molar-refractivity contribution >= 4 is 5.78 Å². The first-order chi connectivity index (χ1) is 9.13. The van der Waals surface area contributed by atoms with Crippen LogP contribution >= 0.6 is 0 Å². The predicted octanol–water partition coefficient (Wildman–Crippen LogP) is 2.80. The Kier molecular flexibility index (Phi) is 4.20. The molecule has 0 unspecified atom stereocenters. The molecular formula is C15H20FNO2. The lowest BCUT2D eigenvalue weighted by Crippen LogP contribution is -2.42. The number of hydrogen-bond acceptors (Lipinski definition) is 3. The Bertz CT molecular complexity index is 467. The third-order valence-corrected chi connectivity index (χ3v) is 4.13. The highest BCUT2D eigenvalue weighted by molar-refractivity contribution is 6.02. The highest BCUT2D eigenvalue weighted by atomic mass is 19.1. The van der Waals surface area contributed by atoms with E-state index < -0.39 is 5.82 Å². The molecule has 0 aromatic heterocycles. The molecular weight excluding hydrogens is 245 g/mol. The van der Waals surface area contributed by atoms with E-state index in [2.05, 4.69) is 5.32 Å². The minimum absolute atomic E-state index is 0.00727. The Morgan fingerprint density at radius 1 is 1.42 bits per heavy atom. The van der Waals surface area contributed by atoms with Gasteiger partial charge >= 0.3 is 0 Å². The van der Waals surface area contributed by atoms with Crippen molar-refractivity contribution in [1.82, 2.24) is 5.32 Å². The number of ketones is 1. The Morgan fingerprint density at radius 3 is 2.68 bits per heavy atom.